The topological polar surface area (TPSA) is 215 Å². The Bertz CT molecular complexity index is 1840. The number of hydrogen-bond donors (Lipinski definition) is 5. The number of aliphatic hydroxyl groups excluding tert-OH is 2. The maximum atomic E-state index is 13.5. The molecule has 230 valence electrons. The number of hydrogen-bond acceptors (Lipinski definition) is 14. The van der Waals surface area contributed by atoms with E-state index in [1.165, 1.54) is 23.4 Å². The average molecular weight is 675 g/mol. The number of rotatable bonds is 2. The molecule has 4 aromatic rings. The van der Waals surface area contributed by atoms with Crippen molar-refractivity contribution < 1.29 is 47.2 Å². The number of aromatic nitrogens is 6. The third-order valence-corrected chi connectivity index (χ3v) is 10.5. The number of thiol groups is 1. The van der Waals surface area contributed by atoms with E-state index in [0.29, 0.717) is 11.0 Å². The van der Waals surface area contributed by atoms with Crippen LogP contribution in [0.25, 0.3) is 22.1 Å². The standard InChI is InChI=1S/C22H24N6O11P2S2/c29-16-13-6-34-40(32,42)38-18-14(37-21(17(18)30)27-8-23-10-3-1-2-4-11(10)27)7-35-41(33,43)39-19(16)22(36-13)28-9-24-15-12(28)5-25-26-20(15)31/h1-5,8-9,13-14,16-19,21-22,29-30H,6-7H2,(H,26,31)(H,32,42)(H,33,43)/t13-,14-,16-,17-,18-,19-,21-,22-,40?,41?/m1/s1. The Balaban J connectivity index is 1.20. The van der Waals surface area contributed by atoms with Crippen LogP contribution in [0.1, 0.15) is 12.5 Å². The van der Waals surface area contributed by atoms with Gasteiger partial charge in [0.25, 0.3) is 5.56 Å². The van der Waals surface area contributed by atoms with Crippen LogP contribution in [0.3, 0.4) is 0 Å². The molecule has 3 aliphatic rings. The normalized spacial score (nSPS) is 38.9. The van der Waals surface area contributed by atoms with Crippen LogP contribution in [0.2, 0.25) is 0 Å². The second-order valence-electron chi connectivity index (χ2n) is 10.0. The van der Waals surface area contributed by atoms with Gasteiger partial charge in [-0.15, -0.1) is 0 Å². The minimum atomic E-state index is -4.28. The lowest BCUT2D eigenvalue weighted by atomic mass is 10.1. The molecule has 6 heterocycles. The van der Waals surface area contributed by atoms with E-state index in [1.807, 2.05) is 6.07 Å². The molecule has 0 spiro atoms. The number of para-hydroxylation sites is 2. The quantitative estimate of drug-likeness (QED) is 0.147. The van der Waals surface area contributed by atoms with Gasteiger partial charge in [0.05, 0.1) is 48.6 Å². The molecule has 0 amide bonds. The minimum Gasteiger partial charge on any atom is -0.387 e. The molecule has 17 nitrogen and oxygen atoms in total. The molecule has 1 aromatic carbocycles. The Kier molecular flexibility index (Phi) is 7.62. The fourth-order valence-electron chi connectivity index (χ4n) is 5.37. The second-order valence-corrected chi connectivity index (χ2v) is 15.7. The van der Waals surface area contributed by atoms with Crippen LogP contribution in [0.4, 0.5) is 0 Å². The number of imidazole rings is 2. The van der Waals surface area contributed by atoms with E-state index >= 15 is 0 Å². The first kappa shape index (κ1) is 29.6. The van der Waals surface area contributed by atoms with Crippen molar-refractivity contribution in [2.24, 2.45) is 0 Å². The van der Waals surface area contributed by atoms with Crippen LogP contribution in [0, 0.1) is 0 Å². The van der Waals surface area contributed by atoms with Gasteiger partial charge in [-0.2, -0.15) is 5.10 Å². The summed E-state index contributed by atoms with van der Waals surface area (Å²) >= 11 is 9.34. The molecule has 2 bridgehead atoms. The first-order valence-electron chi connectivity index (χ1n) is 12.8. The van der Waals surface area contributed by atoms with E-state index < -0.39 is 81.4 Å². The highest BCUT2D eigenvalue weighted by molar-refractivity contribution is 8.44. The Morgan fingerprint density at radius 3 is 2.51 bits per heavy atom. The van der Waals surface area contributed by atoms with Gasteiger partial charge in [0.1, 0.15) is 36.6 Å². The Morgan fingerprint density at radius 1 is 0.953 bits per heavy atom. The van der Waals surface area contributed by atoms with Crippen LogP contribution < -0.4 is 5.56 Å². The predicted molar refractivity (Wildman–Crippen MR) is 152 cm³/mol. The summed E-state index contributed by atoms with van der Waals surface area (Å²) in [4.78, 5) is 31.5. The van der Waals surface area contributed by atoms with Crippen molar-refractivity contribution >= 4 is 59.6 Å². The van der Waals surface area contributed by atoms with Crippen LogP contribution in [0.15, 0.2) is 47.9 Å². The van der Waals surface area contributed by atoms with Crippen molar-refractivity contribution in [1.29, 1.82) is 0 Å². The number of H-pyrrole nitrogens is 1. The molecule has 10 atom stereocenters. The molecule has 0 radical (unpaired) electrons. The number of aromatic amines is 1. The zero-order chi connectivity index (χ0) is 30.1. The molecular formula is C22H24N6O11P2S2. The lowest BCUT2D eigenvalue weighted by Gasteiger charge is -2.27. The van der Waals surface area contributed by atoms with E-state index in [2.05, 4.69) is 32.4 Å². The zero-order valence-electron chi connectivity index (χ0n) is 21.7. The summed E-state index contributed by atoms with van der Waals surface area (Å²) in [7, 11) is 0. The van der Waals surface area contributed by atoms with Gasteiger partial charge < -0.3 is 33.7 Å². The molecule has 0 saturated carbocycles. The van der Waals surface area contributed by atoms with E-state index in [-0.39, 0.29) is 11.0 Å². The molecule has 4 N–H and O–H groups in total. The number of nitrogens with one attached hydrogen (secondary N) is 1. The van der Waals surface area contributed by atoms with Crippen LogP contribution in [-0.2, 0) is 43.9 Å². The third-order valence-electron chi connectivity index (χ3n) is 7.37. The van der Waals surface area contributed by atoms with Gasteiger partial charge >= 0.3 is 13.5 Å². The first-order valence-corrected chi connectivity index (χ1v) is 18.1. The van der Waals surface area contributed by atoms with E-state index in [9.17, 15) is 24.5 Å². The van der Waals surface area contributed by atoms with Gasteiger partial charge in [-0.05, 0) is 23.9 Å². The van der Waals surface area contributed by atoms with Gasteiger partial charge in [0.15, 0.2) is 18.0 Å². The molecule has 3 saturated heterocycles. The largest absolute Gasteiger partial charge is 0.387 e. The van der Waals surface area contributed by atoms with Gasteiger partial charge in [-0.1, -0.05) is 24.4 Å². The molecular weight excluding hydrogens is 650 g/mol. The molecule has 3 aromatic heterocycles. The van der Waals surface area contributed by atoms with Crippen molar-refractivity contribution in [3.8, 4) is 0 Å². The lowest BCUT2D eigenvalue weighted by Crippen LogP contribution is -2.36. The number of nitrogens with zero attached hydrogens (tertiary/aromatic N) is 5. The van der Waals surface area contributed by atoms with Crippen molar-refractivity contribution in [1.82, 2.24) is 29.3 Å². The molecule has 21 heteroatoms. The summed E-state index contributed by atoms with van der Waals surface area (Å²) < 4.78 is 51.0. The Morgan fingerprint density at radius 2 is 1.67 bits per heavy atom. The van der Waals surface area contributed by atoms with E-state index in [0.717, 1.165) is 0 Å². The second kappa shape index (κ2) is 11.1. The Hall–Kier alpha value is -2.09. The zero-order valence-corrected chi connectivity index (χ0v) is 25.2. The summed E-state index contributed by atoms with van der Waals surface area (Å²) in [6, 6.07) is 7.18. The molecule has 3 fully saturated rings. The first-order chi connectivity index (χ1) is 20.5. The van der Waals surface area contributed by atoms with E-state index in [4.69, 9.17) is 39.4 Å². The summed E-state index contributed by atoms with van der Waals surface area (Å²) in [6.07, 6.45) is -6.10. The fourth-order valence-corrected chi connectivity index (χ4v) is 8.28. The van der Waals surface area contributed by atoms with E-state index in [1.54, 1.807) is 22.8 Å². The van der Waals surface area contributed by atoms with Gasteiger partial charge in [0, 0.05) is 0 Å². The van der Waals surface area contributed by atoms with Crippen LogP contribution in [-0.4, -0.2) is 94.2 Å². The summed E-state index contributed by atoms with van der Waals surface area (Å²) in [6.45, 7) is -9.38. The number of benzene rings is 1. The highest BCUT2D eigenvalue weighted by Crippen LogP contribution is 2.58. The third kappa shape index (κ3) is 5.42. The smallest absolute Gasteiger partial charge is 0.386 e. The SMILES string of the molecule is O=c1[nH]ncc2c1ncn2[C@@H]1O[C@@H]2COP(O)(=S)O[C@H]3[C@@H](O)[C@H](n4cnc5ccccc54)O[C@@H]3COP(=O)(S)O[C@@H]1[C@@H]2O. The highest BCUT2D eigenvalue weighted by Gasteiger charge is 2.52. The number of ether oxygens (including phenoxy) is 2. The summed E-state index contributed by atoms with van der Waals surface area (Å²) in [5.74, 6) is 0. The predicted octanol–water partition coefficient (Wildman–Crippen LogP) is 0.758. The van der Waals surface area contributed by atoms with Crippen molar-refractivity contribution in [2.45, 2.75) is 49.1 Å². The molecule has 7 rings (SSSR count). The summed E-state index contributed by atoms with van der Waals surface area (Å²) in [5.41, 5.74) is 1.01. The monoisotopic (exact) mass is 674 g/mol. The van der Waals surface area contributed by atoms with Gasteiger partial charge in [0.2, 0.25) is 0 Å². The maximum absolute atomic E-state index is 13.5. The lowest BCUT2D eigenvalue weighted by molar-refractivity contribution is -0.0586. The molecule has 2 unspecified atom stereocenters. The van der Waals surface area contributed by atoms with Crippen LogP contribution in [0.5, 0.6) is 0 Å². The average Bonchev–Trinajstić information content (AvgIpc) is 3.72. The maximum Gasteiger partial charge on any atom is 0.386 e. The Labute approximate surface area is 251 Å². The van der Waals surface area contributed by atoms with Gasteiger partial charge in [-0.3, -0.25) is 22.9 Å². The molecule has 0 aliphatic carbocycles. The van der Waals surface area contributed by atoms with Crippen LogP contribution >= 0.6 is 25.8 Å². The van der Waals surface area contributed by atoms with Crippen molar-refractivity contribution in [3.63, 3.8) is 0 Å². The number of fused-ring (bicyclic) bond motifs is 5. The summed E-state index contributed by atoms with van der Waals surface area (Å²) in [5, 5.41) is 28.4. The van der Waals surface area contributed by atoms with Gasteiger partial charge in [-0.25, -0.2) is 19.6 Å². The highest BCUT2D eigenvalue weighted by atomic mass is 32.7. The fraction of sp³-hybridized carbons (Fsp3) is 0.455. The molecule has 3 aliphatic heterocycles. The van der Waals surface area contributed by atoms with Crippen molar-refractivity contribution in [2.75, 3.05) is 13.2 Å². The molecule has 43 heavy (non-hydrogen) atoms. The minimum absolute atomic E-state index is 0.0358. The van der Waals surface area contributed by atoms with Crippen molar-refractivity contribution in [3.05, 3.63) is 53.5 Å². The number of aliphatic hydroxyl groups is 2.